The van der Waals surface area contributed by atoms with Crippen molar-refractivity contribution < 1.29 is 9.21 Å². The van der Waals surface area contributed by atoms with E-state index in [1.54, 1.807) is 22.7 Å². The van der Waals surface area contributed by atoms with Crippen LogP contribution in [0.25, 0.3) is 27.3 Å². The third-order valence-corrected chi connectivity index (χ3v) is 4.76. The van der Waals surface area contributed by atoms with E-state index in [2.05, 4.69) is 15.1 Å². The minimum atomic E-state index is -0.512. The van der Waals surface area contributed by atoms with Gasteiger partial charge in [0.1, 0.15) is 16.4 Å². The topological polar surface area (TPSA) is 93.3 Å². The first kappa shape index (κ1) is 13.9. The van der Waals surface area contributed by atoms with Crippen LogP contribution in [0.2, 0.25) is 0 Å². The van der Waals surface area contributed by atoms with Crippen molar-refractivity contribution in [3.8, 4) is 11.3 Å². The standard InChI is InChI=1S/C15H12N4O3S/c1-7(2)13-18-19-10(6-20)12(17-14(19)23-13)8-3-4-9-11(5-8)22-15(21)16-9/h3-7H,1-2H3,(H,16,21). The van der Waals surface area contributed by atoms with Gasteiger partial charge in [-0.3, -0.25) is 9.78 Å². The van der Waals surface area contributed by atoms with Crippen LogP contribution in [0.5, 0.6) is 0 Å². The average Bonchev–Trinajstić information content (AvgIpc) is 3.15. The lowest BCUT2D eigenvalue weighted by atomic mass is 10.1. The molecule has 3 aromatic heterocycles. The van der Waals surface area contributed by atoms with Crippen molar-refractivity contribution in [1.29, 1.82) is 0 Å². The summed E-state index contributed by atoms with van der Waals surface area (Å²) in [6.07, 6.45) is 0.747. The van der Waals surface area contributed by atoms with E-state index in [0.717, 1.165) is 11.3 Å². The highest BCUT2D eigenvalue weighted by Gasteiger charge is 2.19. The van der Waals surface area contributed by atoms with Gasteiger partial charge in [-0.25, -0.2) is 9.78 Å². The molecular weight excluding hydrogens is 316 g/mol. The highest BCUT2D eigenvalue weighted by atomic mass is 32.1. The minimum absolute atomic E-state index is 0.273. The first-order valence-corrected chi connectivity index (χ1v) is 7.86. The molecule has 0 aliphatic carbocycles. The molecule has 8 heteroatoms. The molecule has 0 aliphatic rings. The van der Waals surface area contributed by atoms with E-state index in [1.165, 1.54) is 11.3 Å². The van der Waals surface area contributed by atoms with E-state index in [1.807, 2.05) is 13.8 Å². The molecule has 0 atom stereocenters. The number of rotatable bonds is 3. The van der Waals surface area contributed by atoms with Gasteiger partial charge in [-0.15, -0.1) is 0 Å². The molecule has 1 N–H and O–H groups in total. The number of hydrogen-bond acceptors (Lipinski definition) is 6. The number of H-pyrrole nitrogens is 1. The van der Waals surface area contributed by atoms with Crippen molar-refractivity contribution in [1.82, 2.24) is 19.6 Å². The Labute approximate surface area is 133 Å². The molecule has 0 unspecified atom stereocenters. The Morgan fingerprint density at radius 3 is 2.96 bits per heavy atom. The molecule has 0 radical (unpaired) electrons. The van der Waals surface area contributed by atoms with Crippen molar-refractivity contribution in [3.63, 3.8) is 0 Å². The monoisotopic (exact) mass is 328 g/mol. The summed E-state index contributed by atoms with van der Waals surface area (Å²) in [5.74, 6) is -0.239. The Kier molecular flexibility index (Phi) is 2.95. The second-order valence-corrected chi connectivity index (χ2v) is 6.47. The van der Waals surface area contributed by atoms with Crippen molar-refractivity contribution in [3.05, 3.63) is 39.5 Å². The summed E-state index contributed by atoms with van der Waals surface area (Å²) in [4.78, 5) is 30.6. The molecule has 1 aromatic carbocycles. The van der Waals surface area contributed by atoms with Crippen LogP contribution >= 0.6 is 11.3 Å². The zero-order valence-electron chi connectivity index (χ0n) is 12.4. The van der Waals surface area contributed by atoms with Crippen molar-refractivity contribution in [2.24, 2.45) is 0 Å². The molecule has 0 bridgehead atoms. The zero-order chi connectivity index (χ0) is 16.1. The Morgan fingerprint density at radius 2 is 2.22 bits per heavy atom. The fourth-order valence-corrected chi connectivity index (χ4v) is 3.33. The number of carbonyl (C=O) groups excluding carboxylic acids is 1. The van der Waals surface area contributed by atoms with Crippen LogP contribution < -0.4 is 5.76 Å². The Bertz CT molecular complexity index is 1100. The van der Waals surface area contributed by atoms with E-state index < -0.39 is 5.76 Å². The molecule has 0 saturated carbocycles. The number of imidazole rings is 1. The van der Waals surface area contributed by atoms with Gasteiger partial charge in [-0.2, -0.15) is 9.61 Å². The number of aromatic nitrogens is 4. The summed E-state index contributed by atoms with van der Waals surface area (Å²) in [5, 5.41) is 5.38. The van der Waals surface area contributed by atoms with Crippen LogP contribution in [0.1, 0.15) is 35.3 Å². The van der Waals surface area contributed by atoms with E-state index in [-0.39, 0.29) is 5.92 Å². The van der Waals surface area contributed by atoms with E-state index in [9.17, 15) is 9.59 Å². The number of nitrogens with zero attached hydrogens (tertiary/aromatic N) is 3. The van der Waals surface area contributed by atoms with E-state index >= 15 is 0 Å². The van der Waals surface area contributed by atoms with Gasteiger partial charge in [0.05, 0.1) is 5.52 Å². The molecule has 4 rings (SSSR count). The minimum Gasteiger partial charge on any atom is -0.408 e. The van der Waals surface area contributed by atoms with Gasteiger partial charge in [-0.05, 0) is 12.1 Å². The number of aldehydes is 1. The Balaban J connectivity index is 1.93. The third kappa shape index (κ3) is 2.10. The summed E-state index contributed by atoms with van der Waals surface area (Å²) in [6.45, 7) is 4.09. The highest BCUT2D eigenvalue weighted by molar-refractivity contribution is 7.16. The molecule has 0 fully saturated rings. The average molecular weight is 328 g/mol. The third-order valence-electron chi connectivity index (χ3n) is 3.55. The molecule has 0 spiro atoms. The molecule has 7 nitrogen and oxygen atoms in total. The van der Waals surface area contributed by atoms with Gasteiger partial charge in [0, 0.05) is 11.5 Å². The van der Waals surface area contributed by atoms with Crippen LogP contribution in [0.15, 0.2) is 27.4 Å². The van der Waals surface area contributed by atoms with Gasteiger partial charge in [0.15, 0.2) is 11.9 Å². The number of benzene rings is 1. The number of aromatic amines is 1. The zero-order valence-corrected chi connectivity index (χ0v) is 13.2. The van der Waals surface area contributed by atoms with Gasteiger partial charge in [0.2, 0.25) is 4.96 Å². The molecule has 0 amide bonds. The van der Waals surface area contributed by atoms with Gasteiger partial charge in [-0.1, -0.05) is 31.3 Å². The lowest BCUT2D eigenvalue weighted by Gasteiger charge is -1.99. The second kappa shape index (κ2) is 4.88. The number of fused-ring (bicyclic) bond motifs is 2. The molecule has 3 heterocycles. The van der Waals surface area contributed by atoms with Crippen molar-refractivity contribution in [2.75, 3.05) is 0 Å². The van der Waals surface area contributed by atoms with Gasteiger partial charge < -0.3 is 4.42 Å². The summed E-state index contributed by atoms with van der Waals surface area (Å²) in [5.41, 5.74) is 2.65. The predicted octanol–water partition coefficient (Wildman–Crippen LogP) is 2.83. The van der Waals surface area contributed by atoms with Crippen LogP contribution in [-0.4, -0.2) is 25.9 Å². The fraction of sp³-hybridized carbons (Fsp3) is 0.200. The number of nitrogens with one attached hydrogen (secondary N) is 1. The number of hydrogen-bond donors (Lipinski definition) is 1. The quantitative estimate of drug-likeness (QED) is 0.584. The lowest BCUT2D eigenvalue weighted by Crippen LogP contribution is -1.96. The van der Waals surface area contributed by atoms with E-state index in [4.69, 9.17) is 4.42 Å². The fourth-order valence-electron chi connectivity index (χ4n) is 2.42. The summed E-state index contributed by atoms with van der Waals surface area (Å²) in [6, 6.07) is 5.21. The van der Waals surface area contributed by atoms with Crippen LogP contribution in [0.3, 0.4) is 0 Å². The first-order chi connectivity index (χ1) is 11.1. The molecule has 0 saturated heterocycles. The maximum Gasteiger partial charge on any atom is 0.417 e. The van der Waals surface area contributed by atoms with Crippen LogP contribution in [0, 0.1) is 0 Å². The van der Waals surface area contributed by atoms with Crippen LogP contribution in [-0.2, 0) is 0 Å². The highest BCUT2D eigenvalue weighted by Crippen LogP contribution is 2.29. The van der Waals surface area contributed by atoms with E-state index in [0.29, 0.717) is 33.0 Å². The predicted molar refractivity (Wildman–Crippen MR) is 86.2 cm³/mol. The normalized spacial score (nSPS) is 11.8. The summed E-state index contributed by atoms with van der Waals surface area (Å²) >= 11 is 1.46. The van der Waals surface area contributed by atoms with Crippen molar-refractivity contribution >= 4 is 33.7 Å². The number of carbonyl (C=O) groups is 1. The summed E-state index contributed by atoms with van der Waals surface area (Å²) in [7, 11) is 0. The van der Waals surface area contributed by atoms with Gasteiger partial charge in [0.25, 0.3) is 0 Å². The molecule has 23 heavy (non-hydrogen) atoms. The number of oxazole rings is 1. The first-order valence-electron chi connectivity index (χ1n) is 7.04. The van der Waals surface area contributed by atoms with Crippen molar-refractivity contribution in [2.45, 2.75) is 19.8 Å². The Hall–Kier alpha value is -2.74. The largest absolute Gasteiger partial charge is 0.417 e. The van der Waals surface area contributed by atoms with Crippen LogP contribution in [0.4, 0.5) is 0 Å². The molecule has 0 aliphatic heterocycles. The smallest absolute Gasteiger partial charge is 0.408 e. The molecular formula is C15H12N4O3S. The Morgan fingerprint density at radius 1 is 1.39 bits per heavy atom. The lowest BCUT2D eigenvalue weighted by molar-refractivity contribution is 0.111. The summed E-state index contributed by atoms with van der Waals surface area (Å²) < 4.78 is 6.63. The second-order valence-electron chi connectivity index (χ2n) is 5.48. The van der Waals surface area contributed by atoms with Gasteiger partial charge >= 0.3 is 5.76 Å². The SMILES string of the molecule is CC(C)c1nn2c(C=O)c(-c3ccc4[nH]c(=O)oc4c3)nc2s1. The molecule has 116 valence electrons. The molecule has 4 aromatic rings. The maximum absolute atomic E-state index is 11.5. The maximum atomic E-state index is 11.5.